The van der Waals surface area contributed by atoms with Crippen molar-refractivity contribution in [2.45, 2.75) is 47.0 Å². The summed E-state index contributed by atoms with van der Waals surface area (Å²) in [6.45, 7) is 9.35. The van der Waals surface area contributed by atoms with E-state index in [0.717, 1.165) is 35.1 Å². The van der Waals surface area contributed by atoms with Crippen molar-refractivity contribution < 1.29 is 9.50 Å². The smallest absolute Gasteiger partial charge is 0.141 e. The van der Waals surface area contributed by atoms with E-state index in [2.05, 4.69) is 39.8 Å². The predicted octanol–water partition coefficient (Wildman–Crippen LogP) is 8.11. The third kappa shape index (κ3) is 5.01. The quantitative estimate of drug-likeness (QED) is 0.448. The maximum atomic E-state index is 14.1. The number of halogens is 1. The maximum Gasteiger partial charge on any atom is 0.141 e. The average molecular weight is 440 g/mol. The third-order valence-corrected chi connectivity index (χ3v) is 6.45. The Kier molecular flexibility index (Phi) is 5.89. The van der Waals surface area contributed by atoms with Crippen molar-refractivity contribution in [2.75, 3.05) is 0 Å². The Labute approximate surface area is 196 Å². The molecule has 0 radical (unpaired) electrons. The van der Waals surface area contributed by atoms with E-state index < -0.39 is 5.82 Å². The van der Waals surface area contributed by atoms with E-state index in [1.54, 1.807) is 18.2 Å². The summed E-state index contributed by atoms with van der Waals surface area (Å²) in [6, 6.07) is 22.2. The van der Waals surface area contributed by atoms with Gasteiger partial charge in [0.2, 0.25) is 0 Å². The van der Waals surface area contributed by atoms with Crippen molar-refractivity contribution in [2.24, 2.45) is 10.8 Å². The minimum Gasteiger partial charge on any atom is -0.508 e. The molecule has 3 heteroatoms. The molecule has 2 nitrogen and oxygen atoms in total. The van der Waals surface area contributed by atoms with Crippen LogP contribution in [0.4, 0.5) is 4.39 Å². The second-order valence-corrected chi connectivity index (χ2v) is 10.8. The van der Waals surface area contributed by atoms with Crippen LogP contribution in [-0.4, -0.2) is 5.11 Å². The van der Waals surface area contributed by atoms with Gasteiger partial charge in [-0.3, -0.25) is 0 Å². The second kappa shape index (κ2) is 8.52. The maximum absolute atomic E-state index is 14.1. The lowest BCUT2D eigenvalue weighted by Crippen LogP contribution is -2.30. The van der Waals surface area contributed by atoms with E-state index in [4.69, 9.17) is 5.26 Å². The number of phenolic OH excluding ortho intramolecular Hbond substituents is 1. The Hall–Kier alpha value is -3.38. The molecule has 168 valence electrons. The van der Waals surface area contributed by atoms with E-state index in [9.17, 15) is 9.50 Å². The summed E-state index contributed by atoms with van der Waals surface area (Å²) in [6.07, 6.45) is 3.22. The zero-order valence-electron chi connectivity index (χ0n) is 19.7. The fourth-order valence-corrected chi connectivity index (χ4v) is 5.63. The van der Waals surface area contributed by atoms with E-state index in [1.807, 2.05) is 30.3 Å². The number of rotatable bonds is 3. The normalized spacial score (nSPS) is 16.8. The Bertz CT molecular complexity index is 1220. The molecule has 0 atom stereocenters. The molecule has 4 rings (SSSR count). The number of allylic oxidation sites excluding steroid dienone is 1. The molecule has 0 amide bonds. The molecule has 3 aromatic rings. The molecule has 0 aliphatic heterocycles. The Morgan fingerprint density at radius 3 is 1.85 bits per heavy atom. The van der Waals surface area contributed by atoms with Crippen LogP contribution in [0.3, 0.4) is 0 Å². The summed E-state index contributed by atoms with van der Waals surface area (Å²) in [5.41, 5.74) is 6.97. The lowest BCUT2D eigenvalue weighted by Gasteiger charge is -2.43. The van der Waals surface area contributed by atoms with Gasteiger partial charge in [-0.2, -0.15) is 5.26 Å². The van der Waals surface area contributed by atoms with Gasteiger partial charge in [-0.15, -0.1) is 0 Å². The first kappa shape index (κ1) is 22.8. The highest BCUT2D eigenvalue weighted by Crippen LogP contribution is 2.51. The molecule has 33 heavy (non-hydrogen) atoms. The van der Waals surface area contributed by atoms with Gasteiger partial charge in [0.25, 0.3) is 0 Å². The first-order chi connectivity index (χ1) is 15.6. The zero-order valence-corrected chi connectivity index (χ0v) is 19.7. The van der Waals surface area contributed by atoms with Gasteiger partial charge in [0.05, 0.1) is 5.56 Å². The Balaban J connectivity index is 1.81. The molecular weight excluding hydrogens is 409 g/mol. The molecule has 0 spiro atoms. The molecule has 1 aliphatic rings. The highest BCUT2D eigenvalue weighted by molar-refractivity contribution is 5.83. The largest absolute Gasteiger partial charge is 0.508 e. The first-order valence-corrected chi connectivity index (χ1v) is 11.4. The number of nitriles is 1. The number of hydrogen-bond donors (Lipinski definition) is 1. The van der Waals surface area contributed by atoms with E-state index in [1.165, 1.54) is 29.7 Å². The van der Waals surface area contributed by atoms with Crippen LogP contribution in [0, 0.1) is 28.0 Å². The van der Waals surface area contributed by atoms with Crippen LogP contribution in [-0.2, 0) is 0 Å². The van der Waals surface area contributed by atoms with E-state index in [-0.39, 0.29) is 22.1 Å². The molecular formula is C30H30FNO. The van der Waals surface area contributed by atoms with Crippen LogP contribution < -0.4 is 0 Å². The van der Waals surface area contributed by atoms with Crippen LogP contribution in [0.1, 0.15) is 63.6 Å². The third-order valence-electron chi connectivity index (χ3n) is 6.45. The monoisotopic (exact) mass is 439 g/mol. The number of benzene rings is 3. The van der Waals surface area contributed by atoms with Gasteiger partial charge in [0, 0.05) is 0 Å². The van der Waals surface area contributed by atoms with Crippen molar-refractivity contribution in [3.05, 3.63) is 94.8 Å². The molecule has 0 unspecified atom stereocenters. The molecule has 1 aliphatic carbocycles. The molecule has 1 fully saturated rings. The second-order valence-electron chi connectivity index (χ2n) is 10.8. The molecule has 3 aromatic carbocycles. The Morgan fingerprint density at radius 2 is 1.33 bits per heavy atom. The SMILES string of the molecule is CC1(C)CC(=C(c2ccc(O)cc2)c2ccc(-c3ccc(C#N)c(F)c3)cc2)CC(C)(C)C1. The molecule has 0 saturated heterocycles. The van der Waals surface area contributed by atoms with Gasteiger partial charge in [-0.1, -0.05) is 75.7 Å². The standard InChI is InChI=1S/C30H30FNO/c1-29(2)16-25(17-30(3,4)19-29)28(22-11-13-26(33)14-12-22)21-7-5-20(6-8-21)23-9-10-24(18-32)27(31)15-23/h5-15,33H,16-17,19H2,1-4H3. The van der Waals surface area contributed by atoms with Gasteiger partial charge < -0.3 is 5.11 Å². The van der Waals surface area contributed by atoms with Crippen LogP contribution in [0.5, 0.6) is 5.75 Å². The van der Waals surface area contributed by atoms with Gasteiger partial charge in [-0.25, -0.2) is 4.39 Å². The molecule has 1 N–H and O–H groups in total. The minimum absolute atomic E-state index is 0.0530. The summed E-state index contributed by atoms with van der Waals surface area (Å²) in [5.74, 6) is -0.247. The number of nitrogens with zero attached hydrogens (tertiary/aromatic N) is 1. The summed E-state index contributed by atoms with van der Waals surface area (Å²) in [4.78, 5) is 0. The fraction of sp³-hybridized carbons (Fsp3) is 0.300. The zero-order chi connectivity index (χ0) is 23.8. The lowest BCUT2D eigenvalue weighted by molar-refractivity contribution is 0.154. The summed E-state index contributed by atoms with van der Waals surface area (Å²) in [5, 5.41) is 18.8. The van der Waals surface area contributed by atoms with Crippen molar-refractivity contribution >= 4 is 5.57 Å². The van der Waals surface area contributed by atoms with E-state index >= 15 is 0 Å². The summed E-state index contributed by atoms with van der Waals surface area (Å²) >= 11 is 0. The van der Waals surface area contributed by atoms with Crippen LogP contribution >= 0.6 is 0 Å². The van der Waals surface area contributed by atoms with Crippen molar-refractivity contribution in [1.82, 2.24) is 0 Å². The van der Waals surface area contributed by atoms with Gasteiger partial charge >= 0.3 is 0 Å². The lowest BCUT2D eigenvalue weighted by atomic mass is 9.62. The number of phenols is 1. The number of aromatic hydroxyl groups is 1. The van der Waals surface area contributed by atoms with Crippen LogP contribution in [0.15, 0.2) is 72.3 Å². The first-order valence-electron chi connectivity index (χ1n) is 11.4. The van der Waals surface area contributed by atoms with Gasteiger partial charge in [0.15, 0.2) is 0 Å². The molecule has 1 saturated carbocycles. The average Bonchev–Trinajstić information content (AvgIpc) is 2.73. The Morgan fingerprint density at radius 1 is 0.818 bits per heavy atom. The van der Waals surface area contributed by atoms with Gasteiger partial charge in [0.1, 0.15) is 17.6 Å². The topological polar surface area (TPSA) is 44.0 Å². The predicted molar refractivity (Wildman–Crippen MR) is 132 cm³/mol. The van der Waals surface area contributed by atoms with Crippen molar-refractivity contribution in [3.63, 3.8) is 0 Å². The van der Waals surface area contributed by atoms with Gasteiger partial charge in [-0.05, 0) is 82.2 Å². The molecule has 0 heterocycles. The highest BCUT2D eigenvalue weighted by atomic mass is 19.1. The molecule has 0 aromatic heterocycles. The van der Waals surface area contributed by atoms with Crippen molar-refractivity contribution in [1.29, 1.82) is 5.26 Å². The number of hydrogen-bond acceptors (Lipinski definition) is 2. The fourth-order valence-electron chi connectivity index (χ4n) is 5.63. The minimum atomic E-state index is -0.502. The van der Waals surface area contributed by atoms with E-state index in [0.29, 0.717) is 0 Å². The summed E-state index contributed by atoms with van der Waals surface area (Å²) < 4.78 is 14.1. The van der Waals surface area contributed by atoms with Crippen LogP contribution in [0.2, 0.25) is 0 Å². The van der Waals surface area contributed by atoms with Crippen molar-refractivity contribution in [3.8, 4) is 22.9 Å². The summed E-state index contributed by atoms with van der Waals surface area (Å²) in [7, 11) is 0. The molecule has 0 bridgehead atoms. The highest BCUT2D eigenvalue weighted by Gasteiger charge is 2.37. The van der Waals surface area contributed by atoms with Crippen LogP contribution in [0.25, 0.3) is 16.7 Å².